The van der Waals surface area contributed by atoms with Crippen LogP contribution in [0.4, 0.5) is 21.2 Å². The normalized spacial score (nSPS) is 14.3. The smallest absolute Gasteiger partial charge is 0.425 e. The largest absolute Gasteiger partial charge is 0.497 e. The molecular weight excluding hydrogens is 704 g/mol. The molecule has 284 valence electrons. The molecule has 7 rings (SSSR count). The molecule has 14 nitrogen and oxygen atoms in total. The van der Waals surface area contributed by atoms with Gasteiger partial charge in [0, 0.05) is 78.9 Å². The van der Waals surface area contributed by atoms with E-state index in [0.29, 0.717) is 71.2 Å². The third-order valence-electron chi connectivity index (χ3n) is 10.3. The number of nitrogens with one attached hydrogen (secondary N) is 1. The molecule has 1 saturated carbocycles. The number of pyridine rings is 3. The molecule has 2 fully saturated rings. The fourth-order valence-corrected chi connectivity index (χ4v) is 6.93. The number of aryl methyl sites for hydroxylation is 1. The van der Waals surface area contributed by atoms with Crippen molar-refractivity contribution in [2.45, 2.75) is 45.7 Å². The highest BCUT2D eigenvalue weighted by Gasteiger charge is 2.49. The maximum atomic E-state index is 13.0. The third-order valence-corrected chi connectivity index (χ3v) is 10.3. The van der Waals surface area contributed by atoms with Gasteiger partial charge in [-0.05, 0) is 85.0 Å². The van der Waals surface area contributed by atoms with E-state index in [-0.39, 0.29) is 23.7 Å². The molecule has 1 aliphatic carbocycles. The Hall–Kier alpha value is -6.44. The molecule has 4 heterocycles. The van der Waals surface area contributed by atoms with Crippen LogP contribution in [-0.2, 0) is 22.6 Å². The Morgan fingerprint density at radius 2 is 1.53 bits per heavy atom. The summed E-state index contributed by atoms with van der Waals surface area (Å²) in [6, 6.07) is 16.8. The fraction of sp³-hybridized carbons (Fsp3) is 0.317. The molecule has 1 saturated heterocycles. The number of piperidine rings is 1. The summed E-state index contributed by atoms with van der Waals surface area (Å²) in [6.07, 6.45) is 6.01. The van der Waals surface area contributed by atoms with Gasteiger partial charge in [-0.25, -0.2) is 24.5 Å². The summed E-state index contributed by atoms with van der Waals surface area (Å²) >= 11 is 0. The minimum atomic E-state index is -1.05. The Morgan fingerprint density at radius 3 is 2.11 bits per heavy atom. The van der Waals surface area contributed by atoms with E-state index in [1.807, 2.05) is 55.5 Å². The van der Waals surface area contributed by atoms with E-state index in [1.54, 1.807) is 53.1 Å². The third kappa shape index (κ3) is 7.93. The van der Waals surface area contributed by atoms with Gasteiger partial charge in [0.1, 0.15) is 34.6 Å². The van der Waals surface area contributed by atoms with Crippen molar-refractivity contribution in [2.24, 2.45) is 5.41 Å². The van der Waals surface area contributed by atoms with Gasteiger partial charge in [0.2, 0.25) is 5.91 Å². The lowest BCUT2D eigenvalue weighted by Gasteiger charge is -2.29. The molecule has 14 heteroatoms. The zero-order valence-electron chi connectivity index (χ0n) is 31.4. The van der Waals surface area contributed by atoms with Gasteiger partial charge in [0.25, 0.3) is 0 Å². The number of ether oxygens (including phenoxy) is 5. The lowest BCUT2D eigenvalue weighted by molar-refractivity contribution is -0.133. The van der Waals surface area contributed by atoms with Gasteiger partial charge in [-0.3, -0.25) is 15.1 Å². The monoisotopic (exact) mass is 746 g/mol. The van der Waals surface area contributed by atoms with Gasteiger partial charge < -0.3 is 28.6 Å². The molecule has 55 heavy (non-hydrogen) atoms. The van der Waals surface area contributed by atoms with E-state index in [1.165, 1.54) is 0 Å². The quantitative estimate of drug-likeness (QED) is 0.135. The minimum Gasteiger partial charge on any atom is -0.497 e. The Kier molecular flexibility index (Phi) is 10.4. The van der Waals surface area contributed by atoms with Crippen molar-refractivity contribution in [3.8, 4) is 34.3 Å². The summed E-state index contributed by atoms with van der Waals surface area (Å²) in [5.41, 5.74) is 4.16. The van der Waals surface area contributed by atoms with Gasteiger partial charge in [0.15, 0.2) is 0 Å². The van der Waals surface area contributed by atoms with E-state index in [4.69, 9.17) is 28.7 Å². The number of imide groups is 1. The predicted molar refractivity (Wildman–Crippen MR) is 205 cm³/mol. The van der Waals surface area contributed by atoms with Gasteiger partial charge in [-0.15, -0.1) is 0 Å². The van der Waals surface area contributed by atoms with Crippen LogP contribution in [0.3, 0.4) is 0 Å². The summed E-state index contributed by atoms with van der Waals surface area (Å²) in [6.45, 7) is 2.91. The van der Waals surface area contributed by atoms with Crippen LogP contribution in [0.1, 0.15) is 42.4 Å². The number of amides is 3. The molecule has 0 radical (unpaired) electrons. The van der Waals surface area contributed by atoms with Crippen LogP contribution in [-0.4, -0.2) is 72.9 Å². The number of aromatic nitrogens is 3. The van der Waals surface area contributed by atoms with Crippen molar-refractivity contribution in [1.82, 2.24) is 19.9 Å². The average Bonchev–Trinajstić information content (AvgIpc) is 3.94. The lowest BCUT2D eigenvalue weighted by atomic mass is 9.93. The fourth-order valence-electron chi connectivity index (χ4n) is 6.93. The lowest BCUT2D eigenvalue weighted by Crippen LogP contribution is -2.44. The first-order chi connectivity index (χ1) is 26.6. The summed E-state index contributed by atoms with van der Waals surface area (Å²) < 4.78 is 27.6. The molecule has 5 aromatic rings. The Morgan fingerprint density at radius 1 is 0.855 bits per heavy atom. The van der Waals surface area contributed by atoms with Crippen molar-refractivity contribution in [2.75, 3.05) is 45.2 Å². The number of carbonyl (C=O) groups is 3. The SMILES string of the molecule is COc1ccc(CN(Cc2ccc(OC)cc2OC)c2nc(-c3cnccc3C)cc3cc(NC(=O)OC(=O)N4CCC5(CC5)CC4=O)ncc23)c(OC)c1. The summed E-state index contributed by atoms with van der Waals surface area (Å²) in [7, 11) is 6.42. The number of benzene rings is 2. The number of carbonyl (C=O) groups excluding carboxylic acids is 3. The van der Waals surface area contributed by atoms with E-state index in [2.05, 4.69) is 20.2 Å². The van der Waals surface area contributed by atoms with Crippen molar-refractivity contribution < 1.29 is 38.1 Å². The van der Waals surface area contributed by atoms with Crippen LogP contribution in [0.25, 0.3) is 22.0 Å². The van der Waals surface area contributed by atoms with Crippen LogP contribution in [0, 0.1) is 12.3 Å². The predicted octanol–water partition coefficient (Wildman–Crippen LogP) is 7.31. The van der Waals surface area contributed by atoms with E-state index in [0.717, 1.165) is 40.0 Å². The molecule has 1 spiro atoms. The summed E-state index contributed by atoms with van der Waals surface area (Å²) in [4.78, 5) is 55.7. The van der Waals surface area contributed by atoms with Crippen molar-refractivity contribution in [1.29, 1.82) is 0 Å². The first kappa shape index (κ1) is 36.9. The number of rotatable bonds is 11. The second kappa shape index (κ2) is 15.5. The maximum absolute atomic E-state index is 13.0. The number of hydrogen-bond acceptors (Lipinski definition) is 12. The summed E-state index contributed by atoms with van der Waals surface area (Å²) in [5.74, 6) is 2.96. The Bertz CT molecular complexity index is 2220. The second-order valence-corrected chi connectivity index (χ2v) is 13.8. The van der Waals surface area contributed by atoms with Crippen LogP contribution in [0.5, 0.6) is 23.0 Å². The molecular formula is C41H42N6O8. The van der Waals surface area contributed by atoms with Crippen molar-refractivity contribution in [3.05, 3.63) is 89.9 Å². The molecule has 1 N–H and O–H groups in total. The van der Waals surface area contributed by atoms with Crippen LogP contribution < -0.4 is 29.2 Å². The van der Waals surface area contributed by atoms with Gasteiger partial charge >= 0.3 is 12.2 Å². The number of nitrogens with zero attached hydrogens (tertiary/aromatic N) is 5. The molecule has 0 unspecified atom stereocenters. The summed E-state index contributed by atoms with van der Waals surface area (Å²) in [5, 5.41) is 3.93. The topological polar surface area (TPSA) is 155 Å². The zero-order valence-corrected chi connectivity index (χ0v) is 31.4. The van der Waals surface area contributed by atoms with Crippen LogP contribution in [0.2, 0.25) is 0 Å². The van der Waals surface area contributed by atoms with Crippen LogP contribution in [0.15, 0.2) is 73.2 Å². The van der Waals surface area contributed by atoms with E-state index < -0.39 is 12.2 Å². The molecule has 3 aromatic heterocycles. The Balaban J connectivity index is 1.27. The average molecular weight is 747 g/mol. The van der Waals surface area contributed by atoms with E-state index >= 15 is 0 Å². The van der Waals surface area contributed by atoms with Gasteiger partial charge in [-0.2, -0.15) is 0 Å². The number of fused-ring (bicyclic) bond motifs is 1. The standard InChI is InChI=1S/C41H42N6O8/c1-25-10-14-42-21-31(25)33-16-28-17-36(45-39(49)55-40(50)47-15-13-41(11-12-41)20-37(47)48)43-22-32(28)38(44-33)46(23-26-6-8-29(51-2)18-34(26)53-4)24-27-7-9-30(52-3)19-35(27)54-5/h6-10,14,16-19,21-22H,11-13,15,20,23-24H2,1-5H3,(H,43,45,49). The molecule has 0 atom stereocenters. The molecule has 2 aromatic carbocycles. The first-order valence-electron chi connectivity index (χ1n) is 17.8. The molecule has 1 aliphatic heterocycles. The minimum absolute atomic E-state index is 0.0169. The number of likely N-dealkylation sites (tertiary alicyclic amines) is 1. The molecule has 2 aliphatic rings. The number of methoxy groups -OCH3 is 4. The first-order valence-corrected chi connectivity index (χ1v) is 17.8. The van der Waals surface area contributed by atoms with Crippen molar-refractivity contribution >= 4 is 40.5 Å². The van der Waals surface area contributed by atoms with Crippen molar-refractivity contribution in [3.63, 3.8) is 0 Å². The second-order valence-electron chi connectivity index (χ2n) is 13.8. The van der Waals surface area contributed by atoms with Gasteiger partial charge in [0.05, 0.1) is 34.1 Å². The molecule has 0 bridgehead atoms. The maximum Gasteiger partial charge on any atom is 0.425 e. The highest BCUT2D eigenvalue weighted by Crippen LogP contribution is 2.54. The van der Waals surface area contributed by atoms with Crippen LogP contribution >= 0.6 is 0 Å². The highest BCUT2D eigenvalue weighted by atomic mass is 16.6. The van der Waals surface area contributed by atoms with E-state index in [9.17, 15) is 14.4 Å². The number of anilines is 2. The number of hydrogen-bond donors (Lipinski definition) is 1. The zero-order chi connectivity index (χ0) is 38.7. The van der Waals surface area contributed by atoms with Gasteiger partial charge in [-0.1, -0.05) is 0 Å². The molecule has 3 amide bonds. The Labute approximate surface area is 318 Å². The highest BCUT2D eigenvalue weighted by molar-refractivity contribution is 6.01.